The second-order valence-corrected chi connectivity index (χ2v) is 6.69. The molecule has 0 aromatic heterocycles. The Morgan fingerprint density at radius 1 is 1.03 bits per heavy atom. The molecular weight excluding hydrogens is 388 g/mol. The van der Waals surface area contributed by atoms with Gasteiger partial charge in [-0.2, -0.15) is 5.10 Å². The van der Waals surface area contributed by atoms with Gasteiger partial charge in [0.25, 0.3) is 0 Å². The van der Waals surface area contributed by atoms with Gasteiger partial charge in [0, 0.05) is 0 Å². The molecule has 0 bridgehead atoms. The highest BCUT2D eigenvalue weighted by molar-refractivity contribution is 6.32. The Morgan fingerprint density at radius 2 is 1.79 bits per heavy atom. The van der Waals surface area contributed by atoms with Gasteiger partial charge < -0.3 is 9.47 Å². The second-order valence-electron chi connectivity index (χ2n) is 6.28. The van der Waals surface area contributed by atoms with Crippen molar-refractivity contribution in [3.8, 4) is 11.5 Å². The first-order chi connectivity index (χ1) is 14.1. The zero-order chi connectivity index (χ0) is 20.5. The quantitative estimate of drug-likeness (QED) is 0.437. The summed E-state index contributed by atoms with van der Waals surface area (Å²) in [6, 6.07) is 22.5. The van der Waals surface area contributed by atoms with Crippen molar-refractivity contribution in [3.05, 3.63) is 94.5 Å². The fraction of sp³-hybridized carbons (Fsp3) is 0.130. The van der Waals surface area contributed by atoms with Crippen molar-refractivity contribution in [2.75, 3.05) is 7.11 Å². The van der Waals surface area contributed by atoms with Crippen LogP contribution in [0.15, 0.2) is 77.9 Å². The summed E-state index contributed by atoms with van der Waals surface area (Å²) in [5, 5.41) is 4.47. The summed E-state index contributed by atoms with van der Waals surface area (Å²) in [5.41, 5.74) is 5.21. The Bertz CT molecular complexity index is 973. The van der Waals surface area contributed by atoms with Crippen LogP contribution in [-0.2, 0) is 17.8 Å². The molecule has 1 N–H and O–H groups in total. The summed E-state index contributed by atoms with van der Waals surface area (Å²) >= 11 is 6.28. The lowest BCUT2D eigenvalue weighted by molar-refractivity contribution is -0.120. The highest BCUT2D eigenvalue weighted by Crippen LogP contribution is 2.25. The van der Waals surface area contributed by atoms with E-state index in [2.05, 4.69) is 10.5 Å². The lowest BCUT2D eigenvalue weighted by atomic mass is 10.1. The molecular formula is C23H21ClN2O3. The number of benzene rings is 3. The third kappa shape index (κ3) is 6.36. The van der Waals surface area contributed by atoms with Crippen LogP contribution in [0.2, 0.25) is 5.02 Å². The van der Waals surface area contributed by atoms with Crippen LogP contribution in [0.3, 0.4) is 0 Å². The van der Waals surface area contributed by atoms with E-state index in [-0.39, 0.29) is 12.3 Å². The minimum Gasteiger partial charge on any atom is -0.497 e. The first-order valence-electron chi connectivity index (χ1n) is 9.05. The molecule has 0 atom stereocenters. The van der Waals surface area contributed by atoms with Crippen LogP contribution in [0.4, 0.5) is 0 Å². The summed E-state index contributed by atoms with van der Waals surface area (Å²) in [6.45, 7) is 0.440. The number of methoxy groups -OCH3 is 1. The second kappa shape index (κ2) is 10.3. The Morgan fingerprint density at radius 3 is 2.48 bits per heavy atom. The molecule has 0 aliphatic heterocycles. The summed E-state index contributed by atoms with van der Waals surface area (Å²) < 4.78 is 10.8. The van der Waals surface area contributed by atoms with Crippen LogP contribution in [0.1, 0.15) is 16.7 Å². The fourth-order valence-electron chi connectivity index (χ4n) is 2.60. The van der Waals surface area contributed by atoms with E-state index < -0.39 is 0 Å². The van der Waals surface area contributed by atoms with Crippen LogP contribution in [0, 0.1) is 0 Å². The normalized spacial score (nSPS) is 10.7. The Kier molecular flexibility index (Phi) is 7.25. The molecule has 0 saturated heterocycles. The van der Waals surface area contributed by atoms with E-state index in [1.54, 1.807) is 25.5 Å². The Hall–Kier alpha value is -3.31. The number of ether oxygens (including phenoxy) is 2. The lowest BCUT2D eigenvalue weighted by Gasteiger charge is -2.08. The number of carbonyl (C=O) groups is 1. The zero-order valence-corrected chi connectivity index (χ0v) is 16.7. The molecule has 0 fully saturated rings. The largest absolute Gasteiger partial charge is 0.497 e. The van der Waals surface area contributed by atoms with Crippen LogP contribution < -0.4 is 14.9 Å². The fourth-order valence-corrected chi connectivity index (χ4v) is 2.84. The first kappa shape index (κ1) is 20.4. The van der Waals surface area contributed by atoms with E-state index >= 15 is 0 Å². The third-order valence-electron chi connectivity index (χ3n) is 4.12. The molecule has 0 aliphatic rings. The standard InChI is InChI=1S/C23H21ClN2O3/c1-28-20-10-7-17(8-11-20)14-23(27)26-25-15-19-9-12-22(21(24)13-19)29-16-18-5-3-2-4-6-18/h2-13,15H,14,16H2,1H3,(H,26,27)/b25-15-. The Labute approximate surface area is 174 Å². The minimum atomic E-state index is -0.208. The van der Waals surface area contributed by atoms with Gasteiger partial charge in [-0.05, 0) is 47.0 Å². The van der Waals surface area contributed by atoms with Crippen molar-refractivity contribution >= 4 is 23.7 Å². The highest BCUT2D eigenvalue weighted by Gasteiger charge is 2.04. The van der Waals surface area contributed by atoms with Gasteiger partial charge in [-0.1, -0.05) is 54.1 Å². The molecule has 3 aromatic carbocycles. The number of nitrogens with zero attached hydrogens (tertiary/aromatic N) is 1. The summed E-state index contributed by atoms with van der Waals surface area (Å²) in [5.74, 6) is 1.14. The molecule has 0 spiro atoms. The number of hydrogen-bond donors (Lipinski definition) is 1. The smallest absolute Gasteiger partial charge is 0.244 e. The van der Waals surface area contributed by atoms with Crippen LogP contribution in [-0.4, -0.2) is 19.2 Å². The van der Waals surface area contributed by atoms with Crippen molar-refractivity contribution < 1.29 is 14.3 Å². The predicted octanol–water partition coefficient (Wildman–Crippen LogP) is 4.62. The number of rotatable bonds is 8. The van der Waals surface area contributed by atoms with Gasteiger partial charge in [0.15, 0.2) is 0 Å². The van der Waals surface area contributed by atoms with Gasteiger partial charge in [0.1, 0.15) is 18.1 Å². The molecule has 29 heavy (non-hydrogen) atoms. The monoisotopic (exact) mass is 408 g/mol. The topological polar surface area (TPSA) is 59.9 Å². The zero-order valence-electron chi connectivity index (χ0n) is 16.0. The lowest BCUT2D eigenvalue weighted by Crippen LogP contribution is -2.19. The molecule has 0 aliphatic carbocycles. The number of amides is 1. The molecule has 0 radical (unpaired) electrons. The van der Waals surface area contributed by atoms with Gasteiger partial charge in [0.2, 0.25) is 5.91 Å². The predicted molar refractivity (Wildman–Crippen MR) is 115 cm³/mol. The number of hydrogen-bond acceptors (Lipinski definition) is 4. The summed E-state index contributed by atoms with van der Waals surface area (Å²) in [6.07, 6.45) is 1.77. The van der Waals surface area contributed by atoms with Gasteiger partial charge in [-0.15, -0.1) is 0 Å². The SMILES string of the molecule is COc1ccc(CC(=O)N/N=C\c2ccc(OCc3ccccc3)c(Cl)c2)cc1. The van der Waals surface area contributed by atoms with Gasteiger partial charge in [0.05, 0.1) is 24.8 Å². The third-order valence-corrected chi connectivity index (χ3v) is 4.42. The first-order valence-corrected chi connectivity index (χ1v) is 9.43. The average Bonchev–Trinajstić information content (AvgIpc) is 2.74. The van der Waals surface area contributed by atoms with Gasteiger partial charge in [-0.3, -0.25) is 4.79 Å². The molecule has 3 rings (SSSR count). The van der Waals surface area contributed by atoms with Crippen molar-refractivity contribution in [1.29, 1.82) is 0 Å². The van der Waals surface area contributed by atoms with E-state index in [4.69, 9.17) is 21.1 Å². The van der Waals surface area contributed by atoms with Crippen molar-refractivity contribution in [1.82, 2.24) is 5.43 Å². The number of carbonyl (C=O) groups excluding carboxylic acids is 1. The van der Waals surface area contributed by atoms with Crippen LogP contribution in [0.5, 0.6) is 11.5 Å². The number of nitrogens with one attached hydrogen (secondary N) is 1. The molecule has 0 saturated carbocycles. The molecule has 0 heterocycles. The van der Waals surface area contributed by atoms with E-state index in [0.29, 0.717) is 17.4 Å². The van der Waals surface area contributed by atoms with E-state index in [1.165, 1.54) is 0 Å². The van der Waals surface area contributed by atoms with Crippen LogP contribution in [0.25, 0.3) is 0 Å². The van der Waals surface area contributed by atoms with Gasteiger partial charge >= 0.3 is 0 Å². The maximum Gasteiger partial charge on any atom is 0.244 e. The van der Waals surface area contributed by atoms with E-state index in [0.717, 1.165) is 22.4 Å². The highest BCUT2D eigenvalue weighted by atomic mass is 35.5. The van der Waals surface area contributed by atoms with Crippen molar-refractivity contribution in [2.24, 2.45) is 5.10 Å². The van der Waals surface area contributed by atoms with Gasteiger partial charge in [-0.25, -0.2) is 5.43 Å². The van der Waals surface area contributed by atoms with Crippen LogP contribution >= 0.6 is 11.6 Å². The molecule has 1 amide bonds. The molecule has 148 valence electrons. The van der Waals surface area contributed by atoms with E-state index in [9.17, 15) is 4.79 Å². The molecule has 0 unspecified atom stereocenters. The Balaban J connectivity index is 1.50. The molecule has 3 aromatic rings. The number of halogens is 1. The maximum atomic E-state index is 12.0. The van der Waals surface area contributed by atoms with E-state index in [1.807, 2.05) is 60.7 Å². The molecule has 5 nitrogen and oxygen atoms in total. The number of hydrazone groups is 1. The minimum absolute atomic E-state index is 0.208. The molecule has 6 heteroatoms. The maximum absolute atomic E-state index is 12.0. The summed E-state index contributed by atoms with van der Waals surface area (Å²) in [7, 11) is 1.60. The summed E-state index contributed by atoms with van der Waals surface area (Å²) in [4.78, 5) is 12.0. The average molecular weight is 409 g/mol. The van der Waals surface area contributed by atoms with Crippen molar-refractivity contribution in [3.63, 3.8) is 0 Å². The van der Waals surface area contributed by atoms with Crippen molar-refractivity contribution in [2.45, 2.75) is 13.0 Å².